The minimum absolute atomic E-state index is 0.256. The Morgan fingerprint density at radius 1 is 1.64 bits per heavy atom. The molecule has 62 valence electrons. The van der Waals surface area contributed by atoms with Gasteiger partial charge in [-0.25, -0.2) is 0 Å². The molecule has 0 aromatic heterocycles. The molecule has 1 nitrogen and oxygen atoms in total. The molecule has 0 amide bonds. The zero-order chi connectivity index (χ0) is 8.43. The highest BCUT2D eigenvalue weighted by atomic mass is 32.1. The smallest absolute Gasteiger partial charge is 0.159 e. The van der Waals surface area contributed by atoms with Crippen molar-refractivity contribution in [1.29, 1.82) is 0 Å². The lowest BCUT2D eigenvalue weighted by molar-refractivity contribution is -0.115. The van der Waals surface area contributed by atoms with E-state index in [1.165, 1.54) is 0 Å². The third-order valence-electron chi connectivity index (χ3n) is 2.04. The number of Topliss-reactive ketones (excluding diaryl/α,β-unsaturated/α-hetero) is 1. The van der Waals surface area contributed by atoms with E-state index in [0.717, 1.165) is 12.0 Å². The largest absolute Gasteiger partial charge is 0.295 e. The van der Waals surface area contributed by atoms with Gasteiger partial charge in [0.2, 0.25) is 0 Å². The summed E-state index contributed by atoms with van der Waals surface area (Å²) >= 11 is 4.34. The Bertz CT molecular complexity index is 196. The Balaban J connectivity index is 2.75. The Kier molecular flexibility index (Phi) is 2.77. The summed E-state index contributed by atoms with van der Waals surface area (Å²) < 4.78 is 0. The van der Waals surface area contributed by atoms with Crippen LogP contribution in [0.3, 0.4) is 0 Å². The minimum atomic E-state index is 0.256. The number of ketones is 1. The van der Waals surface area contributed by atoms with Crippen molar-refractivity contribution in [3.8, 4) is 0 Å². The molecule has 0 aromatic rings. The highest BCUT2D eigenvalue weighted by molar-refractivity contribution is 7.81. The zero-order valence-corrected chi connectivity index (χ0v) is 7.90. The Morgan fingerprint density at radius 3 is 2.91 bits per heavy atom. The average molecular weight is 170 g/mol. The van der Waals surface area contributed by atoms with Crippen LogP contribution < -0.4 is 0 Å². The lowest BCUT2D eigenvalue weighted by atomic mass is 10.1. The molecule has 1 aliphatic carbocycles. The second-order valence-electron chi connectivity index (χ2n) is 3.34. The van der Waals surface area contributed by atoms with Crippen LogP contribution >= 0.6 is 12.6 Å². The van der Waals surface area contributed by atoms with Crippen molar-refractivity contribution in [3.05, 3.63) is 11.6 Å². The van der Waals surface area contributed by atoms with Crippen molar-refractivity contribution in [2.45, 2.75) is 31.9 Å². The van der Waals surface area contributed by atoms with E-state index in [2.05, 4.69) is 25.6 Å². The summed E-state index contributed by atoms with van der Waals surface area (Å²) in [5.74, 6) is 0.762. The molecule has 2 heteroatoms. The maximum Gasteiger partial charge on any atom is 0.159 e. The van der Waals surface area contributed by atoms with Gasteiger partial charge in [0.15, 0.2) is 5.78 Å². The van der Waals surface area contributed by atoms with Crippen molar-refractivity contribution in [2.75, 3.05) is 0 Å². The highest BCUT2D eigenvalue weighted by Gasteiger charge is 2.18. The molecule has 1 rings (SSSR count). The van der Waals surface area contributed by atoms with E-state index in [4.69, 9.17) is 0 Å². The summed E-state index contributed by atoms with van der Waals surface area (Å²) in [4.78, 5) is 11.3. The summed E-state index contributed by atoms with van der Waals surface area (Å²) in [6.07, 6.45) is 3.68. The van der Waals surface area contributed by atoms with Crippen molar-refractivity contribution in [3.63, 3.8) is 0 Å². The van der Waals surface area contributed by atoms with Gasteiger partial charge in [-0.3, -0.25) is 4.79 Å². The minimum Gasteiger partial charge on any atom is -0.295 e. The fourth-order valence-corrected chi connectivity index (χ4v) is 1.97. The lowest BCUT2D eigenvalue weighted by Crippen LogP contribution is -2.06. The molecule has 2 unspecified atom stereocenters. The fraction of sp³-hybridized carbons (Fsp3) is 0.667. The van der Waals surface area contributed by atoms with Gasteiger partial charge in [-0.15, -0.1) is 0 Å². The summed E-state index contributed by atoms with van der Waals surface area (Å²) in [5, 5.41) is 0.256. The second-order valence-corrected chi connectivity index (χ2v) is 4.07. The third-order valence-corrected chi connectivity index (χ3v) is 2.43. The molecule has 0 spiro atoms. The maximum atomic E-state index is 11.3. The molecule has 0 N–H and O–H groups in total. The van der Waals surface area contributed by atoms with Crippen molar-refractivity contribution in [1.82, 2.24) is 0 Å². The van der Waals surface area contributed by atoms with Crippen LogP contribution in [0.5, 0.6) is 0 Å². The summed E-state index contributed by atoms with van der Waals surface area (Å²) in [6, 6.07) is 0. The molecule has 0 saturated carbocycles. The molecule has 2 atom stereocenters. The van der Waals surface area contributed by atoms with E-state index in [-0.39, 0.29) is 11.0 Å². The van der Waals surface area contributed by atoms with Gasteiger partial charge in [0.1, 0.15) is 0 Å². The fourth-order valence-electron chi connectivity index (χ4n) is 1.48. The zero-order valence-electron chi connectivity index (χ0n) is 7.00. The van der Waals surface area contributed by atoms with Crippen molar-refractivity contribution < 1.29 is 4.79 Å². The normalized spacial score (nSPS) is 33.0. The number of rotatable bonds is 0. The first-order valence-corrected chi connectivity index (χ1v) is 4.51. The van der Waals surface area contributed by atoms with E-state index in [1.807, 2.05) is 6.92 Å². The van der Waals surface area contributed by atoms with Gasteiger partial charge < -0.3 is 0 Å². The average Bonchev–Trinajstić information content (AvgIpc) is 1.93. The second kappa shape index (κ2) is 3.44. The van der Waals surface area contributed by atoms with Crippen LogP contribution in [0.4, 0.5) is 0 Å². The van der Waals surface area contributed by atoms with E-state index in [0.29, 0.717) is 12.3 Å². The predicted molar refractivity (Wildman–Crippen MR) is 49.9 cm³/mol. The first kappa shape index (κ1) is 8.85. The van der Waals surface area contributed by atoms with Crippen LogP contribution in [-0.2, 0) is 4.79 Å². The van der Waals surface area contributed by atoms with E-state index < -0.39 is 0 Å². The first-order valence-electron chi connectivity index (χ1n) is 3.99. The molecule has 0 saturated heterocycles. The Hall–Kier alpha value is -0.240. The van der Waals surface area contributed by atoms with E-state index >= 15 is 0 Å². The van der Waals surface area contributed by atoms with Gasteiger partial charge in [-0.2, -0.15) is 12.6 Å². The molecule has 0 aliphatic heterocycles. The highest BCUT2D eigenvalue weighted by Crippen LogP contribution is 2.22. The summed E-state index contributed by atoms with van der Waals surface area (Å²) in [6.45, 7) is 4.02. The quantitative estimate of drug-likeness (QED) is 0.552. The van der Waals surface area contributed by atoms with Crippen LogP contribution in [-0.4, -0.2) is 11.0 Å². The number of carbonyl (C=O) groups excluding carboxylic acids is 1. The first-order chi connectivity index (χ1) is 5.09. The maximum absolute atomic E-state index is 11.3. The molecule has 0 aromatic carbocycles. The predicted octanol–water partition coefficient (Wildman–Crippen LogP) is 2.23. The lowest BCUT2D eigenvalue weighted by Gasteiger charge is -2.07. The van der Waals surface area contributed by atoms with Crippen LogP contribution in [0.15, 0.2) is 11.6 Å². The van der Waals surface area contributed by atoms with Gasteiger partial charge in [0, 0.05) is 11.7 Å². The number of hydrogen-bond acceptors (Lipinski definition) is 2. The van der Waals surface area contributed by atoms with Crippen LogP contribution in [0.2, 0.25) is 0 Å². The number of thiol groups is 1. The van der Waals surface area contributed by atoms with E-state index in [1.54, 1.807) is 0 Å². The van der Waals surface area contributed by atoms with E-state index in [9.17, 15) is 4.79 Å². The van der Waals surface area contributed by atoms with Gasteiger partial charge in [-0.05, 0) is 24.8 Å². The molecule has 1 aliphatic rings. The number of carbonyl (C=O) groups is 1. The van der Waals surface area contributed by atoms with Crippen LogP contribution in [0.25, 0.3) is 0 Å². The van der Waals surface area contributed by atoms with Crippen molar-refractivity contribution >= 4 is 18.4 Å². The number of hydrogen-bond donors (Lipinski definition) is 1. The van der Waals surface area contributed by atoms with Gasteiger partial charge >= 0.3 is 0 Å². The van der Waals surface area contributed by atoms with Gasteiger partial charge in [-0.1, -0.05) is 13.0 Å². The Morgan fingerprint density at radius 2 is 2.27 bits per heavy atom. The van der Waals surface area contributed by atoms with Crippen LogP contribution in [0.1, 0.15) is 26.7 Å². The standard InChI is InChI=1S/C9H14OS/c1-6-3-7(2)9(10)5-8(11)4-6/h3,6,8,11H,4-5H2,1-2H3. The molecular formula is C9H14OS. The van der Waals surface area contributed by atoms with Gasteiger partial charge in [0.05, 0.1) is 0 Å². The summed E-state index contributed by atoms with van der Waals surface area (Å²) in [5.41, 5.74) is 0.911. The summed E-state index contributed by atoms with van der Waals surface area (Å²) in [7, 11) is 0. The van der Waals surface area contributed by atoms with Crippen LogP contribution in [0, 0.1) is 5.92 Å². The monoisotopic (exact) mass is 170 g/mol. The Labute approximate surface area is 73.3 Å². The topological polar surface area (TPSA) is 17.1 Å². The van der Waals surface area contributed by atoms with Crippen molar-refractivity contribution in [2.24, 2.45) is 5.92 Å². The SMILES string of the molecule is CC1=CC(C)CC(S)CC1=O. The number of allylic oxidation sites excluding steroid dienone is 2. The third kappa shape index (κ3) is 2.37. The molecule has 0 radical (unpaired) electrons. The van der Waals surface area contributed by atoms with Gasteiger partial charge in [0.25, 0.3) is 0 Å². The molecule has 11 heavy (non-hydrogen) atoms. The molecular weight excluding hydrogens is 156 g/mol. The molecule has 0 fully saturated rings. The molecule has 0 bridgehead atoms. The molecule has 0 heterocycles.